The molecule has 0 spiro atoms. The van der Waals surface area contributed by atoms with Crippen molar-refractivity contribution in [1.82, 2.24) is 0 Å². The van der Waals surface area contributed by atoms with Crippen LogP contribution in [0.3, 0.4) is 0 Å². The van der Waals surface area contributed by atoms with Crippen LogP contribution in [-0.4, -0.2) is 5.11 Å². The van der Waals surface area contributed by atoms with Gasteiger partial charge in [-0.2, -0.15) is 0 Å². The van der Waals surface area contributed by atoms with E-state index in [0.29, 0.717) is 0 Å². The maximum absolute atomic E-state index is 13.8. The Morgan fingerprint density at radius 1 is 1.05 bits per heavy atom. The lowest BCUT2D eigenvalue weighted by Gasteiger charge is -2.57. The van der Waals surface area contributed by atoms with Crippen molar-refractivity contribution in [2.75, 3.05) is 0 Å². The first kappa shape index (κ1) is 12.2. The molecule has 0 radical (unpaired) electrons. The Morgan fingerprint density at radius 2 is 1.58 bits per heavy atom. The van der Waals surface area contributed by atoms with Crippen molar-refractivity contribution < 1.29 is 9.50 Å². The molecule has 0 aliphatic heterocycles. The quantitative estimate of drug-likeness (QED) is 0.789. The number of benzene rings is 1. The van der Waals surface area contributed by atoms with Gasteiger partial charge in [0.15, 0.2) is 11.6 Å². The SMILES string of the molecule is Oc1c(F)cc(Br)cc1C12CC3CC(CC(C3)C1)C2. The van der Waals surface area contributed by atoms with Gasteiger partial charge in [0, 0.05) is 10.0 Å². The number of aromatic hydroxyl groups is 1. The molecule has 0 aromatic heterocycles. The predicted molar refractivity (Wildman–Crippen MR) is 75.6 cm³/mol. The Bertz CT molecular complexity index is 505. The third-order valence-corrected chi connectivity index (χ3v) is 6.10. The van der Waals surface area contributed by atoms with Gasteiger partial charge in [0.1, 0.15) is 0 Å². The smallest absolute Gasteiger partial charge is 0.166 e. The normalized spacial score (nSPS) is 39.8. The summed E-state index contributed by atoms with van der Waals surface area (Å²) in [5, 5.41) is 10.2. The van der Waals surface area contributed by atoms with Crippen molar-refractivity contribution in [2.45, 2.75) is 43.9 Å². The molecule has 19 heavy (non-hydrogen) atoms. The summed E-state index contributed by atoms with van der Waals surface area (Å²) in [5.41, 5.74) is 0.905. The van der Waals surface area contributed by atoms with Crippen LogP contribution in [0.5, 0.6) is 5.75 Å². The first-order valence-electron chi connectivity index (χ1n) is 7.24. The zero-order valence-corrected chi connectivity index (χ0v) is 12.4. The fourth-order valence-electron chi connectivity index (χ4n) is 5.41. The highest BCUT2D eigenvalue weighted by Crippen LogP contribution is 2.62. The summed E-state index contributed by atoms with van der Waals surface area (Å²) in [7, 11) is 0. The molecular formula is C16H18BrFO. The highest BCUT2D eigenvalue weighted by molar-refractivity contribution is 9.10. The molecule has 0 amide bonds. The van der Waals surface area contributed by atoms with Crippen LogP contribution in [0.1, 0.15) is 44.1 Å². The molecule has 0 saturated heterocycles. The monoisotopic (exact) mass is 324 g/mol. The van der Waals surface area contributed by atoms with Crippen LogP contribution in [0.2, 0.25) is 0 Å². The van der Waals surface area contributed by atoms with Crippen molar-refractivity contribution in [3.8, 4) is 5.75 Å². The number of hydrogen-bond acceptors (Lipinski definition) is 1. The van der Waals surface area contributed by atoms with E-state index < -0.39 is 5.82 Å². The summed E-state index contributed by atoms with van der Waals surface area (Å²) in [5.74, 6) is 1.80. The summed E-state index contributed by atoms with van der Waals surface area (Å²) in [4.78, 5) is 0. The minimum Gasteiger partial charge on any atom is -0.505 e. The molecule has 4 aliphatic carbocycles. The lowest BCUT2D eigenvalue weighted by molar-refractivity contribution is -0.00637. The van der Waals surface area contributed by atoms with Crippen LogP contribution in [0.25, 0.3) is 0 Å². The summed E-state index contributed by atoms with van der Waals surface area (Å²) >= 11 is 3.38. The average molecular weight is 325 g/mol. The predicted octanol–water partition coefficient (Wildman–Crippen LogP) is 4.76. The fraction of sp³-hybridized carbons (Fsp3) is 0.625. The highest BCUT2D eigenvalue weighted by Gasteiger charge is 2.52. The van der Waals surface area contributed by atoms with Crippen LogP contribution in [0.15, 0.2) is 16.6 Å². The number of hydrogen-bond donors (Lipinski definition) is 1. The summed E-state index contributed by atoms with van der Waals surface area (Å²) in [6.45, 7) is 0. The van der Waals surface area contributed by atoms with E-state index >= 15 is 0 Å². The van der Waals surface area contributed by atoms with Gasteiger partial charge in [-0.15, -0.1) is 0 Å². The van der Waals surface area contributed by atoms with E-state index in [1.807, 2.05) is 6.07 Å². The molecule has 5 rings (SSSR count). The molecule has 4 aliphatic rings. The van der Waals surface area contributed by atoms with Crippen molar-refractivity contribution in [2.24, 2.45) is 17.8 Å². The van der Waals surface area contributed by atoms with Gasteiger partial charge in [0.2, 0.25) is 0 Å². The Balaban J connectivity index is 1.84. The molecular weight excluding hydrogens is 307 g/mol. The molecule has 4 bridgehead atoms. The molecule has 0 heterocycles. The maximum atomic E-state index is 13.8. The molecule has 4 saturated carbocycles. The van der Waals surface area contributed by atoms with E-state index in [1.165, 1.54) is 25.3 Å². The van der Waals surface area contributed by atoms with Crippen LogP contribution in [-0.2, 0) is 5.41 Å². The highest BCUT2D eigenvalue weighted by atomic mass is 79.9. The van der Waals surface area contributed by atoms with E-state index in [2.05, 4.69) is 15.9 Å². The van der Waals surface area contributed by atoms with Crippen molar-refractivity contribution in [1.29, 1.82) is 0 Å². The van der Waals surface area contributed by atoms with Gasteiger partial charge in [-0.1, -0.05) is 15.9 Å². The van der Waals surface area contributed by atoms with Gasteiger partial charge in [-0.3, -0.25) is 0 Å². The van der Waals surface area contributed by atoms with Crippen molar-refractivity contribution in [3.63, 3.8) is 0 Å². The number of phenolic OH excluding ortho intramolecular Hbond substituents is 1. The summed E-state index contributed by atoms with van der Waals surface area (Å²) in [6, 6.07) is 3.31. The molecule has 1 aromatic rings. The standard InChI is InChI=1S/C16H18BrFO/c17-12-4-13(15(19)14(18)5-12)16-6-9-1-10(7-16)3-11(2-9)8-16/h4-5,9-11,19H,1-3,6-8H2. The van der Waals surface area contributed by atoms with Gasteiger partial charge < -0.3 is 5.11 Å². The third-order valence-electron chi connectivity index (χ3n) is 5.64. The minimum absolute atomic E-state index is 0.0451. The summed E-state index contributed by atoms with van der Waals surface area (Å²) < 4.78 is 14.6. The van der Waals surface area contributed by atoms with Gasteiger partial charge >= 0.3 is 0 Å². The Kier molecular flexibility index (Phi) is 2.55. The van der Waals surface area contributed by atoms with Gasteiger partial charge in [-0.05, 0) is 73.8 Å². The Morgan fingerprint density at radius 3 is 2.11 bits per heavy atom. The Hall–Kier alpha value is -0.570. The second-order valence-electron chi connectivity index (χ2n) is 6.98. The van der Waals surface area contributed by atoms with Crippen LogP contribution in [0.4, 0.5) is 4.39 Å². The average Bonchev–Trinajstić information content (AvgIpc) is 2.32. The molecule has 102 valence electrons. The second kappa shape index (κ2) is 3.97. The zero-order chi connectivity index (χ0) is 13.2. The van der Waals surface area contributed by atoms with Gasteiger partial charge in [0.05, 0.1) is 0 Å². The lowest BCUT2D eigenvalue weighted by atomic mass is 9.48. The van der Waals surface area contributed by atoms with Crippen molar-refractivity contribution >= 4 is 15.9 Å². The molecule has 0 unspecified atom stereocenters. The number of rotatable bonds is 1. The molecule has 1 aromatic carbocycles. The van der Waals surface area contributed by atoms with Gasteiger partial charge in [-0.25, -0.2) is 4.39 Å². The first-order valence-corrected chi connectivity index (χ1v) is 8.03. The molecule has 1 N–H and O–H groups in total. The largest absolute Gasteiger partial charge is 0.505 e. The zero-order valence-electron chi connectivity index (χ0n) is 10.8. The van der Waals surface area contributed by atoms with E-state index in [-0.39, 0.29) is 11.2 Å². The Labute approximate surface area is 121 Å². The second-order valence-corrected chi connectivity index (χ2v) is 7.90. The van der Waals surface area contributed by atoms with Crippen LogP contribution in [0, 0.1) is 23.6 Å². The van der Waals surface area contributed by atoms with E-state index in [0.717, 1.165) is 47.1 Å². The molecule has 0 atom stereocenters. The van der Waals surface area contributed by atoms with Crippen LogP contribution < -0.4 is 0 Å². The molecule has 4 fully saturated rings. The summed E-state index contributed by atoms with van der Waals surface area (Å²) in [6.07, 6.45) is 7.50. The maximum Gasteiger partial charge on any atom is 0.166 e. The molecule has 3 heteroatoms. The first-order chi connectivity index (χ1) is 9.06. The van der Waals surface area contributed by atoms with Gasteiger partial charge in [0.25, 0.3) is 0 Å². The molecule has 1 nitrogen and oxygen atoms in total. The topological polar surface area (TPSA) is 20.2 Å². The lowest BCUT2D eigenvalue weighted by Crippen LogP contribution is -2.48. The minimum atomic E-state index is -0.486. The van der Waals surface area contributed by atoms with E-state index in [4.69, 9.17) is 0 Å². The van der Waals surface area contributed by atoms with Crippen LogP contribution >= 0.6 is 15.9 Å². The number of halogens is 2. The van der Waals surface area contributed by atoms with Crippen molar-refractivity contribution in [3.05, 3.63) is 28.0 Å². The number of phenols is 1. The van der Waals surface area contributed by atoms with E-state index in [1.54, 1.807) is 0 Å². The third kappa shape index (κ3) is 1.77. The fourth-order valence-corrected chi connectivity index (χ4v) is 5.84. The van der Waals surface area contributed by atoms with E-state index in [9.17, 15) is 9.50 Å².